The molecule has 0 saturated carbocycles. The molecule has 1 aromatic carbocycles. The van der Waals surface area contributed by atoms with Crippen LogP contribution in [0.5, 0.6) is 0 Å². The van der Waals surface area contributed by atoms with Crippen LogP contribution in [0, 0.1) is 0 Å². The van der Waals surface area contributed by atoms with E-state index in [1.54, 1.807) is 13.8 Å². The summed E-state index contributed by atoms with van der Waals surface area (Å²) in [6, 6.07) is 11.8. The maximum atomic E-state index is 9.53. The lowest BCUT2D eigenvalue weighted by molar-refractivity contribution is -0.733. The molecule has 0 unspecified atom stereocenters. The van der Waals surface area contributed by atoms with Gasteiger partial charge in [0.25, 0.3) is 0 Å². The van der Waals surface area contributed by atoms with Crippen molar-refractivity contribution in [2.75, 3.05) is 19.6 Å². The van der Waals surface area contributed by atoms with Crippen LogP contribution in [0.25, 0.3) is 11.3 Å². The zero-order chi connectivity index (χ0) is 16.7. The third-order valence-electron chi connectivity index (χ3n) is 3.77. The Morgan fingerprint density at radius 1 is 0.957 bits per heavy atom. The molecule has 0 saturated heterocycles. The van der Waals surface area contributed by atoms with Gasteiger partial charge in [0.05, 0.1) is 12.2 Å². The normalized spacial score (nSPS) is 13.9. The van der Waals surface area contributed by atoms with Crippen LogP contribution in [0.15, 0.2) is 40.8 Å². The lowest BCUT2D eigenvalue weighted by atomic mass is 10.1. The summed E-state index contributed by atoms with van der Waals surface area (Å²) in [5, 5.41) is 23.0. The molecule has 0 amide bonds. The number of aliphatic hydroxyl groups is 2. The average molecular weight is 320 g/mol. The molecule has 0 aliphatic rings. The van der Waals surface area contributed by atoms with E-state index in [1.165, 1.54) is 0 Å². The van der Waals surface area contributed by atoms with E-state index in [4.69, 9.17) is 4.42 Å². The van der Waals surface area contributed by atoms with Gasteiger partial charge in [0.15, 0.2) is 5.76 Å². The van der Waals surface area contributed by atoms with Crippen molar-refractivity contribution in [1.29, 1.82) is 0 Å². The first-order valence-electron chi connectivity index (χ1n) is 8.24. The monoisotopic (exact) mass is 320 g/mol. The Hall–Kier alpha value is -1.66. The standard InChI is InChI=1S/C18H26N2O3/c1-13(21)11-19-9-10-20-12-17-7-8-18(23-17)16-5-3-15(4-6-16)14(2)22/h3-8,13-14,19-22H,9-12H2,1-2H3/p+2/t13-,14-/m0/s1. The van der Waals surface area contributed by atoms with E-state index in [-0.39, 0.29) is 6.10 Å². The molecule has 23 heavy (non-hydrogen) atoms. The van der Waals surface area contributed by atoms with E-state index in [0.717, 1.165) is 48.8 Å². The molecule has 0 bridgehead atoms. The number of aliphatic hydroxyl groups excluding tert-OH is 2. The molecule has 0 aliphatic heterocycles. The first-order chi connectivity index (χ1) is 11.1. The largest absolute Gasteiger partial charge is 0.455 e. The van der Waals surface area contributed by atoms with E-state index in [0.29, 0.717) is 0 Å². The molecule has 6 N–H and O–H groups in total. The molecule has 0 spiro atoms. The molecule has 1 aromatic heterocycles. The minimum Gasteiger partial charge on any atom is -0.455 e. The first-order valence-corrected chi connectivity index (χ1v) is 8.24. The Morgan fingerprint density at radius 3 is 2.30 bits per heavy atom. The van der Waals surface area contributed by atoms with Gasteiger partial charge < -0.3 is 25.3 Å². The number of benzene rings is 1. The van der Waals surface area contributed by atoms with Gasteiger partial charge in [-0.25, -0.2) is 0 Å². The van der Waals surface area contributed by atoms with Crippen molar-refractivity contribution in [2.45, 2.75) is 32.6 Å². The van der Waals surface area contributed by atoms with E-state index in [2.05, 4.69) is 10.6 Å². The van der Waals surface area contributed by atoms with Gasteiger partial charge in [-0.3, -0.25) is 0 Å². The second-order valence-corrected chi connectivity index (χ2v) is 6.01. The van der Waals surface area contributed by atoms with Gasteiger partial charge in [-0.15, -0.1) is 0 Å². The third-order valence-corrected chi connectivity index (χ3v) is 3.77. The highest BCUT2D eigenvalue weighted by Gasteiger charge is 2.07. The Kier molecular flexibility index (Phi) is 6.80. The summed E-state index contributed by atoms with van der Waals surface area (Å²) in [5.74, 6) is 1.81. The quantitative estimate of drug-likeness (QED) is 0.491. The molecule has 0 aliphatic carbocycles. The van der Waals surface area contributed by atoms with Crippen molar-refractivity contribution in [3.05, 3.63) is 47.7 Å². The van der Waals surface area contributed by atoms with Crippen molar-refractivity contribution >= 4 is 0 Å². The van der Waals surface area contributed by atoms with Gasteiger partial charge in [0.2, 0.25) is 0 Å². The molecule has 5 nitrogen and oxygen atoms in total. The van der Waals surface area contributed by atoms with Crippen molar-refractivity contribution < 1.29 is 25.3 Å². The van der Waals surface area contributed by atoms with E-state index in [1.807, 2.05) is 36.4 Å². The van der Waals surface area contributed by atoms with Gasteiger partial charge in [-0.1, -0.05) is 24.3 Å². The molecule has 0 fully saturated rings. The number of hydrogen-bond donors (Lipinski definition) is 4. The minimum absolute atomic E-state index is 0.247. The molecule has 0 radical (unpaired) electrons. The molecule has 2 aromatic rings. The maximum absolute atomic E-state index is 9.53. The fourth-order valence-corrected chi connectivity index (χ4v) is 2.41. The fraction of sp³-hybridized carbons (Fsp3) is 0.444. The predicted molar refractivity (Wildman–Crippen MR) is 88.6 cm³/mol. The van der Waals surface area contributed by atoms with Crippen molar-refractivity contribution in [1.82, 2.24) is 0 Å². The number of nitrogens with two attached hydrogens (primary N) is 2. The van der Waals surface area contributed by atoms with Crippen LogP contribution in [0.4, 0.5) is 0 Å². The van der Waals surface area contributed by atoms with Crippen molar-refractivity contribution in [3.63, 3.8) is 0 Å². The molecule has 2 rings (SSSR count). The summed E-state index contributed by atoms with van der Waals surface area (Å²) in [6.07, 6.45) is -0.695. The molecule has 2 atom stereocenters. The van der Waals surface area contributed by atoms with Gasteiger partial charge in [0.1, 0.15) is 31.9 Å². The number of furan rings is 1. The minimum atomic E-state index is -0.448. The predicted octanol–water partition coefficient (Wildman–Crippen LogP) is 0.00750. The van der Waals surface area contributed by atoms with E-state index >= 15 is 0 Å². The Labute approximate surface area is 137 Å². The zero-order valence-electron chi connectivity index (χ0n) is 13.9. The van der Waals surface area contributed by atoms with Crippen LogP contribution in [0.1, 0.15) is 31.3 Å². The van der Waals surface area contributed by atoms with Crippen LogP contribution < -0.4 is 10.6 Å². The summed E-state index contributed by atoms with van der Waals surface area (Å²) in [6.45, 7) is 7.10. The van der Waals surface area contributed by atoms with Crippen LogP contribution >= 0.6 is 0 Å². The van der Waals surface area contributed by atoms with Gasteiger partial charge >= 0.3 is 0 Å². The molecule has 126 valence electrons. The highest BCUT2D eigenvalue weighted by molar-refractivity contribution is 5.58. The summed E-state index contributed by atoms with van der Waals surface area (Å²) >= 11 is 0. The third kappa shape index (κ3) is 5.80. The highest BCUT2D eigenvalue weighted by atomic mass is 16.3. The molecular formula is C18H28N2O3+2. The van der Waals surface area contributed by atoms with E-state index in [9.17, 15) is 10.2 Å². The topological polar surface area (TPSA) is 86.8 Å². The fourth-order valence-electron chi connectivity index (χ4n) is 2.41. The van der Waals surface area contributed by atoms with E-state index < -0.39 is 6.10 Å². The summed E-state index contributed by atoms with van der Waals surface area (Å²) in [4.78, 5) is 0. The SMILES string of the molecule is C[C@H](O)C[NH2+]CC[NH2+]Cc1ccc(-c2ccc([C@H](C)O)cc2)o1. The molecule has 1 heterocycles. The molecular weight excluding hydrogens is 292 g/mol. The van der Waals surface area contributed by atoms with Crippen LogP contribution in [0.2, 0.25) is 0 Å². The summed E-state index contributed by atoms with van der Waals surface area (Å²) < 4.78 is 5.87. The Balaban J connectivity index is 1.79. The Bertz CT molecular complexity index is 576. The Morgan fingerprint density at radius 2 is 1.65 bits per heavy atom. The number of quaternary nitrogens is 2. The van der Waals surface area contributed by atoms with Crippen molar-refractivity contribution in [2.24, 2.45) is 0 Å². The summed E-state index contributed by atoms with van der Waals surface area (Å²) in [7, 11) is 0. The first kappa shape index (κ1) is 17.7. The maximum Gasteiger partial charge on any atom is 0.158 e. The zero-order valence-corrected chi connectivity index (χ0v) is 13.9. The average Bonchev–Trinajstić information content (AvgIpc) is 2.99. The van der Waals surface area contributed by atoms with Crippen LogP contribution in [-0.2, 0) is 6.54 Å². The molecule has 5 heteroatoms. The number of hydrogen-bond acceptors (Lipinski definition) is 3. The van der Waals surface area contributed by atoms with Crippen LogP contribution in [0.3, 0.4) is 0 Å². The van der Waals surface area contributed by atoms with Crippen LogP contribution in [-0.4, -0.2) is 36.0 Å². The number of rotatable bonds is 9. The summed E-state index contributed by atoms with van der Waals surface area (Å²) in [5.41, 5.74) is 1.92. The van der Waals surface area contributed by atoms with Crippen molar-refractivity contribution in [3.8, 4) is 11.3 Å². The second kappa shape index (κ2) is 8.84. The second-order valence-electron chi connectivity index (χ2n) is 6.01. The van der Waals surface area contributed by atoms with Gasteiger partial charge in [-0.05, 0) is 31.5 Å². The smallest absolute Gasteiger partial charge is 0.158 e. The van der Waals surface area contributed by atoms with Gasteiger partial charge in [0, 0.05) is 5.56 Å². The highest BCUT2D eigenvalue weighted by Crippen LogP contribution is 2.23. The van der Waals surface area contributed by atoms with Gasteiger partial charge in [-0.2, -0.15) is 0 Å². The lowest BCUT2D eigenvalue weighted by Gasteiger charge is -2.05. The lowest BCUT2D eigenvalue weighted by Crippen LogP contribution is -2.95.